The molecule has 0 amide bonds. The van der Waals surface area contributed by atoms with Gasteiger partial charge in [-0.05, 0) is 29.8 Å². The second kappa shape index (κ2) is 6.62. The fraction of sp³-hybridized carbons (Fsp3) is 0.133. The molecule has 0 spiro atoms. The molecular weight excluding hydrogens is 272 g/mol. The van der Waals surface area contributed by atoms with Gasteiger partial charge in [-0.1, -0.05) is 17.3 Å². The van der Waals surface area contributed by atoms with Crippen LogP contribution in [0.25, 0.3) is 0 Å². The number of amidine groups is 1. The maximum atomic E-state index is 9.14. The van der Waals surface area contributed by atoms with Gasteiger partial charge in [-0.2, -0.15) is 0 Å². The van der Waals surface area contributed by atoms with Crippen molar-refractivity contribution in [3.63, 3.8) is 0 Å². The van der Waals surface area contributed by atoms with Crippen molar-refractivity contribution in [1.29, 1.82) is 0 Å². The number of nitrogens with two attached hydrogens (primary N) is 1. The molecule has 0 aliphatic carbocycles. The van der Waals surface area contributed by atoms with Gasteiger partial charge in [0.15, 0.2) is 5.84 Å². The normalized spacial score (nSPS) is 11.2. The van der Waals surface area contributed by atoms with Crippen LogP contribution in [-0.4, -0.2) is 23.3 Å². The molecule has 2 aromatic rings. The van der Waals surface area contributed by atoms with Crippen LogP contribution in [0.1, 0.15) is 11.1 Å². The summed E-state index contributed by atoms with van der Waals surface area (Å²) in [5, 5.41) is 21.0. The van der Waals surface area contributed by atoms with Crippen molar-refractivity contribution in [2.45, 2.75) is 6.61 Å². The molecule has 0 heterocycles. The smallest absolute Gasteiger partial charge is 0.173 e. The van der Waals surface area contributed by atoms with Crippen molar-refractivity contribution in [3.05, 3.63) is 53.6 Å². The molecule has 2 rings (SSSR count). The molecule has 0 bridgehead atoms. The molecule has 6 heteroatoms. The zero-order chi connectivity index (χ0) is 15.2. The lowest BCUT2D eigenvalue weighted by Crippen LogP contribution is -2.14. The first-order chi connectivity index (χ1) is 10.2. The lowest BCUT2D eigenvalue weighted by Gasteiger charge is -2.12. The molecule has 0 aliphatic heterocycles. The van der Waals surface area contributed by atoms with E-state index in [2.05, 4.69) is 5.16 Å². The third kappa shape index (κ3) is 3.43. The minimum absolute atomic E-state index is 0.0639. The second-order valence-electron chi connectivity index (χ2n) is 4.25. The fourth-order valence-corrected chi connectivity index (χ4v) is 1.81. The summed E-state index contributed by atoms with van der Waals surface area (Å²) in [6.07, 6.45) is 0. The highest BCUT2D eigenvalue weighted by atomic mass is 16.5. The maximum Gasteiger partial charge on any atom is 0.173 e. The van der Waals surface area contributed by atoms with Crippen LogP contribution in [0.2, 0.25) is 0 Å². The van der Waals surface area contributed by atoms with Gasteiger partial charge >= 0.3 is 0 Å². The first-order valence-corrected chi connectivity index (χ1v) is 6.21. The number of aliphatic hydroxyl groups is 1. The number of rotatable bonds is 5. The maximum absolute atomic E-state index is 9.14. The van der Waals surface area contributed by atoms with Crippen LogP contribution < -0.4 is 15.2 Å². The van der Waals surface area contributed by atoms with Crippen LogP contribution in [-0.2, 0) is 6.61 Å². The number of nitrogens with zero attached hydrogens (tertiary/aromatic N) is 1. The van der Waals surface area contributed by atoms with E-state index in [9.17, 15) is 0 Å². The predicted octanol–water partition coefficient (Wildman–Crippen LogP) is 2.07. The average molecular weight is 288 g/mol. The molecule has 0 aromatic heterocycles. The minimum Gasteiger partial charge on any atom is -0.497 e. The van der Waals surface area contributed by atoms with Gasteiger partial charge in [0, 0.05) is 6.07 Å². The van der Waals surface area contributed by atoms with Crippen LogP contribution in [0.3, 0.4) is 0 Å². The highest BCUT2D eigenvalue weighted by Gasteiger charge is 2.11. The van der Waals surface area contributed by atoms with Crippen molar-refractivity contribution >= 4 is 5.84 Å². The van der Waals surface area contributed by atoms with Gasteiger partial charge < -0.3 is 25.5 Å². The van der Waals surface area contributed by atoms with Gasteiger partial charge in [-0.15, -0.1) is 0 Å². The van der Waals surface area contributed by atoms with E-state index in [0.717, 1.165) is 5.56 Å². The van der Waals surface area contributed by atoms with Gasteiger partial charge in [0.2, 0.25) is 0 Å². The molecule has 0 saturated heterocycles. The van der Waals surface area contributed by atoms with E-state index >= 15 is 0 Å². The molecule has 0 atom stereocenters. The number of hydrogen-bond acceptors (Lipinski definition) is 5. The van der Waals surface area contributed by atoms with Gasteiger partial charge in [0.1, 0.15) is 17.2 Å². The van der Waals surface area contributed by atoms with E-state index < -0.39 is 0 Å². The molecular formula is C15H16N2O4. The van der Waals surface area contributed by atoms with Gasteiger partial charge in [-0.25, -0.2) is 0 Å². The number of hydrogen-bond donors (Lipinski definition) is 3. The lowest BCUT2D eigenvalue weighted by molar-refractivity contribution is 0.281. The summed E-state index contributed by atoms with van der Waals surface area (Å²) in [4.78, 5) is 0. The summed E-state index contributed by atoms with van der Waals surface area (Å²) in [6, 6.07) is 12.0. The molecule has 6 nitrogen and oxygen atoms in total. The average Bonchev–Trinajstić information content (AvgIpc) is 2.54. The Morgan fingerprint density at radius 1 is 1.19 bits per heavy atom. The number of ether oxygens (including phenoxy) is 2. The standard InChI is InChI=1S/C15H16N2O4/c1-20-11-5-6-13(15(16)17-19)14(8-11)21-12-4-2-3-10(7-12)9-18/h2-8,18-19H,9H2,1H3,(H2,16,17). The number of oxime groups is 1. The highest BCUT2D eigenvalue weighted by Crippen LogP contribution is 2.29. The summed E-state index contributed by atoms with van der Waals surface area (Å²) < 4.78 is 10.9. The van der Waals surface area contributed by atoms with E-state index in [1.165, 1.54) is 7.11 Å². The summed E-state index contributed by atoms with van der Waals surface area (Å²) in [7, 11) is 1.54. The summed E-state index contributed by atoms with van der Waals surface area (Å²) in [6.45, 7) is -0.0809. The van der Waals surface area contributed by atoms with Crippen molar-refractivity contribution < 1.29 is 19.8 Å². The Labute approximate surface area is 122 Å². The molecule has 0 unspecified atom stereocenters. The number of methoxy groups -OCH3 is 1. The van der Waals surface area contributed by atoms with Crippen LogP contribution in [0.5, 0.6) is 17.2 Å². The molecule has 4 N–H and O–H groups in total. The Kier molecular flexibility index (Phi) is 4.63. The van der Waals surface area contributed by atoms with Crippen LogP contribution in [0.15, 0.2) is 47.6 Å². The quantitative estimate of drug-likeness (QED) is 0.339. The van der Waals surface area contributed by atoms with Gasteiger partial charge in [-0.3, -0.25) is 0 Å². The Morgan fingerprint density at radius 2 is 2.00 bits per heavy atom. The molecule has 0 aliphatic rings. The van der Waals surface area contributed by atoms with E-state index in [0.29, 0.717) is 22.8 Å². The highest BCUT2D eigenvalue weighted by molar-refractivity contribution is 5.99. The monoisotopic (exact) mass is 288 g/mol. The summed E-state index contributed by atoms with van der Waals surface area (Å²) in [5.74, 6) is 1.44. The van der Waals surface area contributed by atoms with Crippen LogP contribution in [0, 0.1) is 0 Å². The zero-order valence-electron chi connectivity index (χ0n) is 11.5. The van der Waals surface area contributed by atoms with E-state index in [1.54, 1.807) is 42.5 Å². The predicted molar refractivity (Wildman–Crippen MR) is 77.9 cm³/mol. The Balaban J connectivity index is 2.40. The summed E-state index contributed by atoms with van der Waals surface area (Å²) >= 11 is 0. The fourth-order valence-electron chi connectivity index (χ4n) is 1.81. The molecule has 0 saturated carbocycles. The molecule has 0 fully saturated rings. The van der Waals surface area contributed by atoms with Crippen molar-refractivity contribution in [3.8, 4) is 17.2 Å². The molecule has 2 aromatic carbocycles. The molecule has 0 radical (unpaired) electrons. The van der Waals surface area contributed by atoms with Crippen molar-refractivity contribution in [2.75, 3.05) is 7.11 Å². The van der Waals surface area contributed by atoms with E-state index in [-0.39, 0.29) is 12.4 Å². The number of aliphatic hydroxyl groups excluding tert-OH is 1. The Bertz CT molecular complexity index is 656. The van der Waals surface area contributed by atoms with E-state index in [1.807, 2.05) is 0 Å². The summed E-state index contributed by atoms with van der Waals surface area (Å²) in [5.41, 5.74) is 6.80. The Hall–Kier alpha value is -2.73. The van der Waals surface area contributed by atoms with Gasteiger partial charge in [0.05, 0.1) is 19.3 Å². The van der Waals surface area contributed by atoms with Gasteiger partial charge in [0.25, 0.3) is 0 Å². The van der Waals surface area contributed by atoms with Crippen LogP contribution in [0.4, 0.5) is 0 Å². The first kappa shape index (κ1) is 14.7. The molecule has 21 heavy (non-hydrogen) atoms. The third-order valence-electron chi connectivity index (χ3n) is 2.88. The zero-order valence-corrected chi connectivity index (χ0v) is 11.5. The SMILES string of the molecule is COc1ccc(/C(N)=N/O)c(Oc2cccc(CO)c2)c1. The Morgan fingerprint density at radius 3 is 2.67 bits per heavy atom. The largest absolute Gasteiger partial charge is 0.497 e. The topological polar surface area (TPSA) is 97.3 Å². The lowest BCUT2D eigenvalue weighted by atomic mass is 10.1. The van der Waals surface area contributed by atoms with Crippen molar-refractivity contribution in [2.24, 2.45) is 10.9 Å². The first-order valence-electron chi connectivity index (χ1n) is 6.21. The second-order valence-corrected chi connectivity index (χ2v) is 4.25. The third-order valence-corrected chi connectivity index (χ3v) is 2.88. The van der Waals surface area contributed by atoms with E-state index in [4.69, 9.17) is 25.5 Å². The number of benzene rings is 2. The van der Waals surface area contributed by atoms with Crippen LogP contribution >= 0.6 is 0 Å². The minimum atomic E-state index is -0.0809. The molecule has 110 valence electrons. The van der Waals surface area contributed by atoms with Crippen molar-refractivity contribution in [1.82, 2.24) is 0 Å².